The van der Waals surface area contributed by atoms with E-state index in [2.05, 4.69) is 13.2 Å². The average molecular weight is 186 g/mol. The van der Waals surface area contributed by atoms with E-state index in [1.54, 1.807) is 13.8 Å². The highest BCUT2D eigenvalue weighted by Gasteiger charge is 2.44. The van der Waals surface area contributed by atoms with Gasteiger partial charge < -0.3 is 4.74 Å². The third kappa shape index (κ3) is 1.64. The summed E-state index contributed by atoms with van der Waals surface area (Å²) in [6.07, 6.45) is 0. The van der Waals surface area contributed by atoms with E-state index in [0.717, 1.165) is 0 Å². The van der Waals surface area contributed by atoms with Crippen LogP contribution in [0.1, 0.15) is 13.8 Å². The Morgan fingerprint density at radius 2 is 1.85 bits per heavy atom. The smallest absolute Gasteiger partial charge is 0.310 e. The topological polar surface area (TPSA) is 9.23 Å². The van der Waals surface area contributed by atoms with Crippen molar-refractivity contribution in [1.82, 2.24) is 0 Å². The maximum atomic E-state index is 13.2. The van der Waals surface area contributed by atoms with Gasteiger partial charge in [0.1, 0.15) is 5.76 Å². The zero-order chi connectivity index (χ0) is 10.2. The molecule has 0 aromatic heterocycles. The summed E-state index contributed by atoms with van der Waals surface area (Å²) in [5.74, 6) is -2.72. The molecule has 0 spiro atoms. The van der Waals surface area contributed by atoms with Crippen LogP contribution in [0.4, 0.5) is 8.78 Å². The lowest BCUT2D eigenvalue weighted by atomic mass is 10.0. The summed E-state index contributed by atoms with van der Waals surface area (Å²) in [7, 11) is 0. The van der Waals surface area contributed by atoms with Crippen molar-refractivity contribution in [2.75, 3.05) is 6.61 Å². The highest BCUT2D eigenvalue weighted by molar-refractivity contribution is 5.44. The van der Waals surface area contributed by atoms with Gasteiger partial charge in [0.2, 0.25) is 0 Å². The Bertz CT molecular complexity index is 300. The Morgan fingerprint density at radius 3 is 2.15 bits per heavy atom. The first-order chi connectivity index (χ1) is 5.86. The number of rotatable bonds is 2. The van der Waals surface area contributed by atoms with Gasteiger partial charge >= 0.3 is 5.92 Å². The molecule has 1 heterocycles. The standard InChI is InChI=1S/C10H12F2O/c1-6(2)8-9(7(3)4)13-5-10(8,11)12/h1,3,5H2,2,4H3. The molecule has 0 saturated carbocycles. The summed E-state index contributed by atoms with van der Waals surface area (Å²) in [5, 5.41) is 0. The van der Waals surface area contributed by atoms with Crippen LogP contribution in [-0.2, 0) is 4.74 Å². The molecule has 3 heteroatoms. The summed E-state index contributed by atoms with van der Waals surface area (Å²) in [6, 6.07) is 0. The Labute approximate surface area is 76.4 Å². The second-order valence-corrected chi connectivity index (χ2v) is 3.26. The first kappa shape index (κ1) is 9.96. The predicted molar refractivity (Wildman–Crippen MR) is 47.6 cm³/mol. The second kappa shape index (κ2) is 2.98. The SMILES string of the molecule is C=C(C)C1=C(C(=C)C)C(F)(F)CO1. The molecule has 0 aliphatic carbocycles. The van der Waals surface area contributed by atoms with Gasteiger partial charge in [-0.2, -0.15) is 8.78 Å². The highest BCUT2D eigenvalue weighted by Crippen LogP contribution is 2.40. The number of alkyl halides is 2. The van der Waals surface area contributed by atoms with Crippen molar-refractivity contribution in [2.24, 2.45) is 0 Å². The first-order valence-corrected chi connectivity index (χ1v) is 3.93. The van der Waals surface area contributed by atoms with Crippen molar-refractivity contribution in [2.45, 2.75) is 19.8 Å². The lowest BCUT2D eigenvalue weighted by Gasteiger charge is -2.10. The summed E-state index contributed by atoms with van der Waals surface area (Å²) in [6.45, 7) is 9.67. The quantitative estimate of drug-likeness (QED) is 0.644. The minimum atomic E-state index is -2.92. The van der Waals surface area contributed by atoms with Crippen molar-refractivity contribution >= 4 is 0 Å². The van der Waals surface area contributed by atoms with Gasteiger partial charge in [-0.3, -0.25) is 0 Å². The van der Waals surface area contributed by atoms with E-state index >= 15 is 0 Å². The van der Waals surface area contributed by atoms with Crippen molar-refractivity contribution in [3.63, 3.8) is 0 Å². The van der Waals surface area contributed by atoms with Gasteiger partial charge in [-0.05, 0) is 25.0 Å². The molecule has 0 atom stereocenters. The molecule has 0 bridgehead atoms. The Kier molecular flexibility index (Phi) is 2.28. The van der Waals surface area contributed by atoms with Crippen molar-refractivity contribution in [3.05, 3.63) is 35.6 Å². The van der Waals surface area contributed by atoms with Crippen LogP contribution in [0.3, 0.4) is 0 Å². The summed E-state index contributed by atoms with van der Waals surface area (Å²) in [5.41, 5.74) is 0.732. The van der Waals surface area contributed by atoms with E-state index < -0.39 is 12.5 Å². The van der Waals surface area contributed by atoms with Crippen LogP contribution in [0, 0.1) is 0 Å². The van der Waals surface area contributed by atoms with Crippen molar-refractivity contribution in [3.8, 4) is 0 Å². The van der Waals surface area contributed by atoms with Gasteiger partial charge in [-0.1, -0.05) is 13.2 Å². The fourth-order valence-corrected chi connectivity index (χ4v) is 1.32. The van der Waals surface area contributed by atoms with E-state index in [4.69, 9.17) is 4.74 Å². The zero-order valence-electron chi connectivity index (χ0n) is 7.79. The van der Waals surface area contributed by atoms with E-state index in [9.17, 15) is 8.78 Å². The lowest BCUT2D eigenvalue weighted by molar-refractivity contribution is 0.00563. The van der Waals surface area contributed by atoms with Crippen LogP contribution in [0.5, 0.6) is 0 Å². The molecule has 0 saturated heterocycles. The molecule has 0 radical (unpaired) electrons. The normalized spacial score (nSPS) is 20.0. The third-order valence-corrected chi connectivity index (χ3v) is 1.81. The molecule has 0 N–H and O–H groups in total. The molecule has 0 aromatic rings. The zero-order valence-corrected chi connectivity index (χ0v) is 7.79. The molecule has 1 rings (SSSR count). The van der Waals surface area contributed by atoms with E-state index in [1.165, 1.54) is 0 Å². The number of ether oxygens (including phenoxy) is 1. The highest BCUT2D eigenvalue weighted by atomic mass is 19.3. The molecular weight excluding hydrogens is 174 g/mol. The predicted octanol–water partition coefficient (Wildman–Crippen LogP) is 3.06. The minimum Gasteiger partial charge on any atom is -0.486 e. The van der Waals surface area contributed by atoms with Gasteiger partial charge in [0, 0.05) is 0 Å². The molecule has 1 aliphatic rings. The van der Waals surface area contributed by atoms with Crippen LogP contribution >= 0.6 is 0 Å². The van der Waals surface area contributed by atoms with E-state index in [0.29, 0.717) is 11.1 Å². The largest absolute Gasteiger partial charge is 0.486 e. The fourth-order valence-electron chi connectivity index (χ4n) is 1.32. The number of hydrogen-bond donors (Lipinski definition) is 0. The average Bonchev–Trinajstić information content (AvgIpc) is 2.24. The Hall–Kier alpha value is -1.12. The van der Waals surface area contributed by atoms with Crippen LogP contribution < -0.4 is 0 Å². The van der Waals surface area contributed by atoms with Crippen molar-refractivity contribution < 1.29 is 13.5 Å². The lowest BCUT2D eigenvalue weighted by Crippen LogP contribution is -2.20. The van der Waals surface area contributed by atoms with Gasteiger partial charge in [-0.25, -0.2) is 0 Å². The van der Waals surface area contributed by atoms with Crippen LogP contribution in [0.2, 0.25) is 0 Å². The molecule has 72 valence electrons. The molecular formula is C10H12F2O. The molecule has 1 nitrogen and oxygen atoms in total. The Balaban J connectivity index is 3.21. The number of halogens is 2. The van der Waals surface area contributed by atoms with Gasteiger partial charge in [0.25, 0.3) is 0 Å². The van der Waals surface area contributed by atoms with Gasteiger partial charge in [-0.15, -0.1) is 0 Å². The maximum Gasteiger partial charge on any atom is 0.310 e. The second-order valence-electron chi connectivity index (χ2n) is 3.26. The number of allylic oxidation sites excluding steroid dienone is 2. The first-order valence-electron chi connectivity index (χ1n) is 3.93. The Morgan fingerprint density at radius 1 is 1.31 bits per heavy atom. The van der Waals surface area contributed by atoms with Crippen molar-refractivity contribution in [1.29, 1.82) is 0 Å². The summed E-state index contributed by atoms with van der Waals surface area (Å²) >= 11 is 0. The van der Waals surface area contributed by atoms with Gasteiger partial charge in [0.05, 0.1) is 5.57 Å². The monoisotopic (exact) mass is 186 g/mol. The molecule has 0 fully saturated rings. The molecule has 13 heavy (non-hydrogen) atoms. The summed E-state index contributed by atoms with van der Waals surface area (Å²) < 4.78 is 31.2. The molecule has 0 unspecified atom stereocenters. The molecule has 0 amide bonds. The summed E-state index contributed by atoms with van der Waals surface area (Å²) in [4.78, 5) is 0. The van der Waals surface area contributed by atoms with Crippen LogP contribution in [0.15, 0.2) is 35.6 Å². The minimum absolute atomic E-state index is 0.111. The molecule has 0 aromatic carbocycles. The van der Waals surface area contributed by atoms with E-state index in [1.807, 2.05) is 0 Å². The number of hydrogen-bond acceptors (Lipinski definition) is 1. The fraction of sp³-hybridized carbons (Fsp3) is 0.400. The van der Waals surface area contributed by atoms with Crippen LogP contribution in [-0.4, -0.2) is 12.5 Å². The molecule has 1 aliphatic heterocycles. The van der Waals surface area contributed by atoms with Crippen LogP contribution in [0.25, 0.3) is 0 Å². The van der Waals surface area contributed by atoms with Gasteiger partial charge in [0.15, 0.2) is 6.61 Å². The third-order valence-electron chi connectivity index (χ3n) is 1.81. The maximum absolute atomic E-state index is 13.2. The van der Waals surface area contributed by atoms with E-state index in [-0.39, 0.29) is 11.3 Å².